The number of nitrogens with two attached hydrogens (primary N) is 1. The van der Waals surface area contributed by atoms with Crippen LogP contribution in [-0.4, -0.2) is 18.8 Å². The van der Waals surface area contributed by atoms with Gasteiger partial charge in [-0.05, 0) is 31.0 Å². The van der Waals surface area contributed by atoms with Crippen LogP contribution in [0.3, 0.4) is 0 Å². The van der Waals surface area contributed by atoms with Crippen LogP contribution in [0.5, 0.6) is 0 Å². The average molecular weight is 298 g/mol. The second kappa shape index (κ2) is 4.66. The Kier molecular flexibility index (Phi) is 3.12. The summed E-state index contributed by atoms with van der Waals surface area (Å²) in [4.78, 5) is 0. The monoisotopic (exact) mass is 298 g/mol. The minimum absolute atomic E-state index is 0.0819. The van der Waals surface area contributed by atoms with Gasteiger partial charge in [-0.1, -0.05) is 0 Å². The quantitative estimate of drug-likeness (QED) is 0.918. The minimum Gasteiger partial charge on any atom is -0.468 e. The molecule has 0 unspecified atom stereocenters. The summed E-state index contributed by atoms with van der Waals surface area (Å²) in [5, 5.41) is 1.64. The Balaban J connectivity index is 1.91. The van der Waals surface area contributed by atoms with Crippen molar-refractivity contribution >= 4 is 27.0 Å². The molecule has 2 heterocycles. The van der Waals surface area contributed by atoms with Crippen molar-refractivity contribution in [3.05, 3.63) is 35.6 Å². The summed E-state index contributed by atoms with van der Waals surface area (Å²) in [5.74, 6) is 0.653. The van der Waals surface area contributed by atoms with Gasteiger partial charge in [0, 0.05) is 17.1 Å². The Morgan fingerprint density at radius 3 is 2.79 bits per heavy atom. The summed E-state index contributed by atoms with van der Waals surface area (Å²) in [5.41, 5.74) is 6.10. The molecule has 7 heteroatoms. The van der Waals surface area contributed by atoms with Crippen molar-refractivity contribution in [2.45, 2.75) is 29.6 Å². The molecule has 1 aliphatic rings. The summed E-state index contributed by atoms with van der Waals surface area (Å²) >= 11 is 1.16. The summed E-state index contributed by atoms with van der Waals surface area (Å²) in [7, 11) is -3.48. The molecule has 1 saturated carbocycles. The van der Waals surface area contributed by atoms with E-state index in [9.17, 15) is 8.42 Å². The fourth-order valence-corrected chi connectivity index (χ4v) is 4.77. The first-order chi connectivity index (χ1) is 9.07. The molecule has 0 saturated heterocycles. The van der Waals surface area contributed by atoms with Crippen LogP contribution in [0, 0.1) is 0 Å². The van der Waals surface area contributed by atoms with Crippen molar-refractivity contribution < 1.29 is 12.8 Å². The molecule has 19 heavy (non-hydrogen) atoms. The fraction of sp³-hybridized carbons (Fsp3) is 0.333. The van der Waals surface area contributed by atoms with Crippen molar-refractivity contribution in [1.29, 1.82) is 0 Å². The molecule has 0 atom stereocenters. The standard InChI is InChI=1S/C12H14N2O3S2/c13-9-6-12(18-8-9)19(15,16)14(10-3-4-10)7-11-2-1-5-17-11/h1-2,5-6,8,10H,3-4,7,13H2. The molecule has 5 nitrogen and oxygen atoms in total. The number of anilines is 1. The van der Waals surface area contributed by atoms with Crippen LogP contribution >= 0.6 is 11.3 Å². The zero-order chi connectivity index (χ0) is 13.5. The first-order valence-electron chi connectivity index (χ1n) is 5.95. The van der Waals surface area contributed by atoms with Gasteiger partial charge in [0.05, 0.1) is 12.8 Å². The Hall–Kier alpha value is -1.31. The highest BCUT2D eigenvalue weighted by Gasteiger charge is 2.39. The molecule has 0 amide bonds. The number of hydrogen-bond acceptors (Lipinski definition) is 5. The molecule has 2 aromatic rings. The van der Waals surface area contributed by atoms with Crippen LogP contribution in [0.4, 0.5) is 5.69 Å². The van der Waals surface area contributed by atoms with Crippen LogP contribution in [-0.2, 0) is 16.6 Å². The highest BCUT2D eigenvalue weighted by Crippen LogP contribution is 2.35. The second-order valence-electron chi connectivity index (χ2n) is 4.56. The summed E-state index contributed by atoms with van der Waals surface area (Å²) in [6.45, 7) is 0.276. The predicted molar refractivity (Wildman–Crippen MR) is 73.2 cm³/mol. The van der Waals surface area contributed by atoms with E-state index < -0.39 is 10.0 Å². The molecule has 0 aromatic carbocycles. The maximum absolute atomic E-state index is 12.6. The van der Waals surface area contributed by atoms with Gasteiger partial charge in [-0.3, -0.25) is 0 Å². The zero-order valence-corrected chi connectivity index (χ0v) is 11.8. The van der Waals surface area contributed by atoms with E-state index >= 15 is 0 Å². The van der Waals surface area contributed by atoms with E-state index in [0.717, 1.165) is 24.2 Å². The maximum atomic E-state index is 12.6. The van der Waals surface area contributed by atoms with Gasteiger partial charge in [-0.25, -0.2) is 8.42 Å². The van der Waals surface area contributed by atoms with Crippen molar-refractivity contribution in [2.24, 2.45) is 0 Å². The third-order valence-electron chi connectivity index (χ3n) is 3.00. The first-order valence-corrected chi connectivity index (χ1v) is 8.27. The van der Waals surface area contributed by atoms with Crippen LogP contribution in [0.2, 0.25) is 0 Å². The third-order valence-corrected chi connectivity index (χ3v) is 6.34. The Bertz CT molecular complexity index is 657. The molecular weight excluding hydrogens is 284 g/mol. The van der Waals surface area contributed by atoms with Gasteiger partial charge in [-0.15, -0.1) is 11.3 Å². The largest absolute Gasteiger partial charge is 0.468 e. The Labute approximate surface area is 115 Å². The van der Waals surface area contributed by atoms with E-state index in [-0.39, 0.29) is 12.6 Å². The lowest BCUT2D eigenvalue weighted by molar-refractivity contribution is 0.357. The van der Waals surface area contributed by atoms with Crippen LogP contribution in [0.1, 0.15) is 18.6 Å². The van der Waals surface area contributed by atoms with Crippen molar-refractivity contribution in [2.75, 3.05) is 5.73 Å². The lowest BCUT2D eigenvalue weighted by atomic mass is 10.4. The van der Waals surface area contributed by atoms with Crippen molar-refractivity contribution in [3.8, 4) is 0 Å². The summed E-state index contributed by atoms with van der Waals surface area (Å²) < 4.78 is 32.2. The highest BCUT2D eigenvalue weighted by atomic mass is 32.2. The van der Waals surface area contributed by atoms with Crippen molar-refractivity contribution in [1.82, 2.24) is 4.31 Å². The predicted octanol–water partition coefficient (Wildman–Crippen LogP) is 2.28. The molecule has 2 N–H and O–H groups in total. The molecule has 1 aliphatic carbocycles. The number of nitrogen functional groups attached to an aromatic ring is 1. The number of sulfonamides is 1. The lowest BCUT2D eigenvalue weighted by Crippen LogP contribution is -2.32. The van der Waals surface area contributed by atoms with E-state index in [1.54, 1.807) is 23.8 Å². The molecular formula is C12H14N2O3S2. The topological polar surface area (TPSA) is 76.5 Å². The summed E-state index contributed by atoms with van der Waals surface area (Å²) in [6, 6.07) is 5.14. The fourth-order valence-electron chi connectivity index (χ4n) is 1.91. The van der Waals surface area contributed by atoms with Gasteiger partial charge in [-0.2, -0.15) is 4.31 Å². The van der Waals surface area contributed by atoms with Gasteiger partial charge in [0.2, 0.25) is 0 Å². The van der Waals surface area contributed by atoms with Crippen LogP contribution in [0.25, 0.3) is 0 Å². The minimum atomic E-state index is -3.48. The molecule has 0 spiro atoms. The maximum Gasteiger partial charge on any atom is 0.253 e. The molecule has 1 fully saturated rings. The van der Waals surface area contributed by atoms with E-state index in [4.69, 9.17) is 10.2 Å². The van der Waals surface area contributed by atoms with E-state index in [0.29, 0.717) is 15.7 Å². The van der Waals surface area contributed by atoms with Gasteiger partial charge < -0.3 is 10.2 Å². The number of thiophene rings is 1. The van der Waals surface area contributed by atoms with Crippen LogP contribution < -0.4 is 5.73 Å². The van der Waals surface area contributed by atoms with Crippen LogP contribution in [0.15, 0.2) is 38.5 Å². The van der Waals surface area contributed by atoms with Gasteiger partial charge in [0.25, 0.3) is 10.0 Å². The molecule has 0 aliphatic heterocycles. The van der Waals surface area contributed by atoms with E-state index in [1.807, 2.05) is 0 Å². The zero-order valence-electron chi connectivity index (χ0n) is 10.2. The molecule has 102 valence electrons. The van der Waals surface area contributed by atoms with E-state index in [1.165, 1.54) is 10.4 Å². The Morgan fingerprint density at radius 1 is 1.47 bits per heavy atom. The molecule has 0 radical (unpaired) electrons. The summed E-state index contributed by atoms with van der Waals surface area (Å²) in [6.07, 6.45) is 3.36. The van der Waals surface area contributed by atoms with Gasteiger partial charge in [0.15, 0.2) is 0 Å². The average Bonchev–Trinajstić information content (AvgIpc) is 2.88. The normalized spacial score (nSPS) is 16.1. The molecule has 0 bridgehead atoms. The Morgan fingerprint density at radius 2 is 2.26 bits per heavy atom. The lowest BCUT2D eigenvalue weighted by Gasteiger charge is -2.19. The molecule has 3 rings (SSSR count). The second-order valence-corrected chi connectivity index (χ2v) is 7.59. The number of rotatable bonds is 5. The SMILES string of the molecule is Nc1csc(S(=O)(=O)N(Cc2ccco2)C2CC2)c1. The van der Waals surface area contributed by atoms with Crippen molar-refractivity contribution in [3.63, 3.8) is 0 Å². The third kappa shape index (κ3) is 2.54. The number of hydrogen-bond donors (Lipinski definition) is 1. The number of nitrogens with zero attached hydrogens (tertiary/aromatic N) is 1. The van der Waals surface area contributed by atoms with Gasteiger partial charge >= 0.3 is 0 Å². The van der Waals surface area contributed by atoms with Gasteiger partial charge in [0.1, 0.15) is 9.97 Å². The molecule has 2 aromatic heterocycles. The van der Waals surface area contributed by atoms with E-state index in [2.05, 4.69) is 0 Å². The first kappa shape index (κ1) is 12.7. The number of furan rings is 1. The highest BCUT2D eigenvalue weighted by molar-refractivity contribution is 7.91. The smallest absolute Gasteiger partial charge is 0.253 e.